The van der Waals surface area contributed by atoms with E-state index in [-0.39, 0.29) is 12.2 Å². The lowest BCUT2D eigenvalue weighted by molar-refractivity contribution is -0.137. The SMILES string of the molecule is COc1ccc(F)cc1CN(C)CCCCC(=O)O. The molecule has 0 saturated carbocycles. The fourth-order valence-electron chi connectivity index (χ4n) is 1.90. The molecular formula is C14H20FNO3. The maximum Gasteiger partial charge on any atom is 0.303 e. The lowest BCUT2D eigenvalue weighted by Crippen LogP contribution is -2.19. The Bertz CT molecular complexity index is 423. The van der Waals surface area contributed by atoms with Crippen molar-refractivity contribution in [2.45, 2.75) is 25.8 Å². The number of unbranched alkanes of at least 4 members (excludes halogenated alkanes) is 1. The molecular weight excluding hydrogens is 249 g/mol. The van der Waals surface area contributed by atoms with Gasteiger partial charge in [0.1, 0.15) is 11.6 Å². The van der Waals surface area contributed by atoms with Gasteiger partial charge in [0.25, 0.3) is 0 Å². The predicted molar refractivity (Wildman–Crippen MR) is 70.8 cm³/mol. The highest BCUT2D eigenvalue weighted by molar-refractivity contribution is 5.66. The van der Waals surface area contributed by atoms with Crippen LogP contribution in [0.1, 0.15) is 24.8 Å². The second-order valence-corrected chi connectivity index (χ2v) is 4.54. The number of carboxylic acids is 1. The monoisotopic (exact) mass is 269 g/mol. The van der Waals surface area contributed by atoms with Crippen LogP contribution >= 0.6 is 0 Å². The second kappa shape index (κ2) is 7.74. The van der Waals surface area contributed by atoms with Crippen LogP contribution in [0, 0.1) is 5.82 Å². The number of methoxy groups -OCH3 is 1. The van der Waals surface area contributed by atoms with Gasteiger partial charge in [0.05, 0.1) is 7.11 Å². The van der Waals surface area contributed by atoms with Gasteiger partial charge in [-0.2, -0.15) is 0 Å². The quantitative estimate of drug-likeness (QED) is 0.737. The van der Waals surface area contributed by atoms with Crippen LogP contribution in [0.5, 0.6) is 5.75 Å². The zero-order valence-electron chi connectivity index (χ0n) is 11.4. The van der Waals surface area contributed by atoms with E-state index < -0.39 is 5.97 Å². The summed E-state index contributed by atoms with van der Waals surface area (Å²) in [4.78, 5) is 12.4. The summed E-state index contributed by atoms with van der Waals surface area (Å²) in [5.41, 5.74) is 0.795. The molecule has 0 fully saturated rings. The third-order valence-corrected chi connectivity index (χ3v) is 2.86. The molecule has 0 aromatic heterocycles. The van der Waals surface area contributed by atoms with Crippen LogP contribution in [0.25, 0.3) is 0 Å². The molecule has 19 heavy (non-hydrogen) atoms. The van der Waals surface area contributed by atoms with Gasteiger partial charge in [-0.25, -0.2) is 4.39 Å². The lowest BCUT2D eigenvalue weighted by Gasteiger charge is -2.18. The minimum atomic E-state index is -0.769. The van der Waals surface area contributed by atoms with Crippen LogP contribution in [0.2, 0.25) is 0 Å². The molecule has 4 nitrogen and oxygen atoms in total. The minimum Gasteiger partial charge on any atom is -0.496 e. The van der Waals surface area contributed by atoms with Gasteiger partial charge >= 0.3 is 5.97 Å². The summed E-state index contributed by atoms with van der Waals surface area (Å²) in [5, 5.41) is 8.54. The summed E-state index contributed by atoms with van der Waals surface area (Å²) in [6, 6.07) is 4.45. The van der Waals surface area contributed by atoms with Crippen LogP contribution in [-0.4, -0.2) is 36.7 Å². The third kappa shape index (κ3) is 5.70. The summed E-state index contributed by atoms with van der Waals surface area (Å²) in [6.45, 7) is 1.35. The Labute approximate surface area is 112 Å². The van der Waals surface area contributed by atoms with E-state index in [9.17, 15) is 9.18 Å². The largest absolute Gasteiger partial charge is 0.496 e. The van der Waals surface area contributed by atoms with E-state index in [1.807, 2.05) is 11.9 Å². The molecule has 1 N–H and O–H groups in total. The summed E-state index contributed by atoms with van der Waals surface area (Å²) in [7, 11) is 3.48. The van der Waals surface area contributed by atoms with Crippen LogP contribution < -0.4 is 4.74 Å². The van der Waals surface area contributed by atoms with E-state index in [1.165, 1.54) is 12.1 Å². The molecule has 0 aliphatic carbocycles. The molecule has 5 heteroatoms. The number of hydrogen-bond acceptors (Lipinski definition) is 3. The Morgan fingerprint density at radius 3 is 2.79 bits per heavy atom. The van der Waals surface area contributed by atoms with Gasteiger partial charge in [-0.3, -0.25) is 4.79 Å². The molecule has 106 valence electrons. The van der Waals surface area contributed by atoms with Crippen LogP contribution in [0.4, 0.5) is 4.39 Å². The number of carboxylic acid groups (broad SMARTS) is 1. The third-order valence-electron chi connectivity index (χ3n) is 2.86. The smallest absolute Gasteiger partial charge is 0.303 e. The molecule has 0 atom stereocenters. The molecule has 0 aliphatic heterocycles. The van der Waals surface area contributed by atoms with Crippen molar-refractivity contribution < 1.29 is 19.0 Å². The molecule has 1 aromatic carbocycles. The van der Waals surface area contributed by atoms with Crippen LogP contribution in [0.15, 0.2) is 18.2 Å². The van der Waals surface area contributed by atoms with E-state index in [4.69, 9.17) is 9.84 Å². The Morgan fingerprint density at radius 2 is 2.16 bits per heavy atom. The first-order valence-electron chi connectivity index (χ1n) is 6.25. The van der Waals surface area contributed by atoms with Crippen molar-refractivity contribution in [2.75, 3.05) is 20.7 Å². The van der Waals surface area contributed by atoms with Gasteiger partial charge < -0.3 is 14.7 Å². The summed E-state index contributed by atoms with van der Waals surface area (Å²) < 4.78 is 18.4. The van der Waals surface area contributed by atoms with Gasteiger partial charge in [-0.15, -0.1) is 0 Å². The molecule has 0 bridgehead atoms. The molecule has 0 unspecified atom stereocenters. The standard InChI is InChI=1S/C14H20FNO3/c1-16(8-4-3-5-14(17)18)10-11-9-12(15)6-7-13(11)19-2/h6-7,9H,3-5,8,10H2,1-2H3,(H,17,18). The van der Waals surface area contributed by atoms with E-state index in [0.717, 1.165) is 18.5 Å². The molecule has 0 spiro atoms. The van der Waals surface area contributed by atoms with E-state index in [2.05, 4.69) is 0 Å². The number of hydrogen-bond donors (Lipinski definition) is 1. The van der Waals surface area contributed by atoms with E-state index >= 15 is 0 Å². The maximum absolute atomic E-state index is 13.2. The average molecular weight is 269 g/mol. The highest BCUT2D eigenvalue weighted by atomic mass is 19.1. The first-order valence-corrected chi connectivity index (χ1v) is 6.25. The zero-order valence-corrected chi connectivity index (χ0v) is 11.4. The summed E-state index contributed by atoms with van der Waals surface area (Å²) in [6.07, 6.45) is 1.65. The topological polar surface area (TPSA) is 49.8 Å². The number of halogens is 1. The Morgan fingerprint density at radius 1 is 1.42 bits per heavy atom. The normalized spacial score (nSPS) is 10.7. The van der Waals surface area contributed by atoms with Crippen molar-refractivity contribution in [1.82, 2.24) is 4.90 Å². The van der Waals surface area contributed by atoms with Crippen molar-refractivity contribution in [3.63, 3.8) is 0 Å². The van der Waals surface area contributed by atoms with E-state index in [1.54, 1.807) is 13.2 Å². The molecule has 0 aliphatic rings. The molecule has 0 saturated heterocycles. The van der Waals surface area contributed by atoms with Crippen molar-refractivity contribution in [2.24, 2.45) is 0 Å². The first-order chi connectivity index (χ1) is 9.02. The molecule has 0 amide bonds. The zero-order chi connectivity index (χ0) is 14.3. The van der Waals surface area contributed by atoms with Crippen molar-refractivity contribution >= 4 is 5.97 Å². The number of rotatable bonds is 8. The number of carbonyl (C=O) groups is 1. The average Bonchev–Trinajstić information content (AvgIpc) is 2.35. The van der Waals surface area contributed by atoms with Gasteiger partial charge in [0, 0.05) is 18.5 Å². The van der Waals surface area contributed by atoms with Crippen LogP contribution in [-0.2, 0) is 11.3 Å². The summed E-state index contributed by atoms with van der Waals surface area (Å²) in [5.74, 6) is -0.386. The molecule has 1 rings (SSSR count). The molecule has 0 heterocycles. The predicted octanol–water partition coefficient (Wildman–Crippen LogP) is 2.52. The van der Waals surface area contributed by atoms with Gasteiger partial charge in [0.15, 0.2) is 0 Å². The van der Waals surface area contributed by atoms with Crippen molar-refractivity contribution in [3.05, 3.63) is 29.6 Å². The summed E-state index contributed by atoms with van der Waals surface area (Å²) >= 11 is 0. The fraction of sp³-hybridized carbons (Fsp3) is 0.500. The Hall–Kier alpha value is -1.62. The fourth-order valence-corrected chi connectivity index (χ4v) is 1.90. The molecule has 1 aromatic rings. The minimum absolute atomic E-state index is 0.192. The highest BCUT2D eigenvalue weighted by Gasteiger charge is 2.08. The van der Waals surface area contributed by atoms with Gasteiger partial charge in [0.2, 0.25) is 0 Å². The van der Waals surface area contributed by atoms with Crippen LogP contribution in [0.3, 0.4) is 0 Å². The second-order valence-electron chi connectivity index (χ2n) is 4.54. The number of aliphatic carboxylic acids is 1. The van der Waals surface area contributed by atoms with Gasteiger partial charge in [-0.05, 0) is 44.6 Å². The lowest BCUT2D eigenvalue weighted by atomic mass is 10.1. The Balaban J connectivity index is 2.45. The van der Waals surface area contributed by atoms with Crippen molar-refractivity contribution in [1.29, 1.82) is 0 Å². The van der Waals surface area contributed by atoms with E-state index in [0.29, 0.717) is 18.7 Å². The first kappa shape index (κ1) is 15.4. The number of nitrogens with zero attached hydrogens (tertiary/aromatic N) is 1. The highest BCUT2D eigenvalue weighted by Crippen LogP contribution is 2.20. The van der Waals surface area contributed by atoms with Crippen molar-refractivity contribution in [3.8, 4) is 5.75 Å². The maximum atomic E-state index is 13.2. The molecule has 0 radical (unpaired) electrons. The number of benzene rings is 1. The van der Waals surface area contributed by atoms with Gasteiger partial charge in [-0.1, -0.05) is 0 Å². The number of ether oxygens (including phenoxy) is 1. The Kier molecular flexibility index (Phi) is 6.29.